The number of hydrogen-bond donors (Lipinski definition) is 2. The highest BCUT2D eigenvalue weighted by Crippen LogP contribution is 2.08. The lowest BCUT2D eigenvalue weighted by Gasteiger charge is -2.32. The minimum Gasteiger partial charge on any atom is -0.351 e. The van der Waals surface area contributed by atoms with E-state index < -0.39 is 0 Å². The van der Waals surface area contributed by atoms with Crippen LogP contribution >= 0.6 is 23.7 Å². The van der Waals surface area contributed by atoms with E-state index in [0.717, 1.165) is 18.0 Å². The average Bonchev–Trinajstić information content (AvgIpc) is 2.92. The summed E-state index contributed by atoms with van der Waals surface area (Å²) in [6.07, 6.45) is 0.209. The van der Waals surface area contributed by atoms with Crippen LogP contribution in [0, 0.1) is 0 Å². The largest absolute Gasteiger partial charge is 0.351 e. The van der Waals surface area contributed by atoms with Gasteiger partial charge in [-0.05, 0) is 18.4 Å². The second-order valence-corrected chi connectivity index (χ2v) is 5.52. The van der Waals surface area contributed by atoms with Crippen molar-refractivity contribution >= 4 is 35.6 Å². The fraction of sp³-hybridized carbons (Fsp3) is 0.538. The van der Waals surface area contributed by atoms with Crippen LogP contribution in [0.2, 0.25) is 0 Å². The van der Waals surface area contributed by atoms with E-state index in [1.54, 1.807) is 16.2 Å². The van der Waals surface area contributed by atoms with Crippen LogP contribution in [0.5, 0.6) is 0 Å². The summed E-state index contributed by atoms with van der Waals surface area (Å²) in [6.45, 7) is 4.67. The molecule has 0 spiro atoms. The highest BCUT2D eigenvalue weighted by Gasteiger charge is 2.28. The van der Waals surface area contributed by atoms with Crippen molar-refractivity contribution in [3.05, 3.63) is 22.4 Å². The predicted octanol–water partition coefficient (Wildman–Crippen LogP) is 0.997. The zero-order chi connectivity index (χ0) is 13.7. The summed E-state index contributed by atoms with van der Waals surface area (Å²) in [4.78, 5) is 26.7. The molecule has 0 aromatic carbocycles. The molecular formula is C13H20ClN3O2S. The second kappa shape index (κ2) is 8.24. The van der Waals surface area contributed by atoms with Gasteiger partial charge in [0.05, 0.1) is 19.0 Å². The number of carbonyl (C=O) groups excluding carboxylic acids is 2. The van der Waals surface area contributed by atoms with Gasteiger partial charge < -0.3 is 15.5 Å². The number of piperazine rings is 1. The Balaban J connectivity index is 0.00000200. The minimum atomic E-state index is -0.378. The van der Waals surface area contributed by atoms with E-state index in [1.807, 2.05) is 24.4 Å². The Morgan fingerprint density at radius 1 is 1.60 bits per heavy atom. The Morgan fingerprint density at radius 2 is 2.40 bits per heavy atom. The number of halogens is 1. The van der Waals surface area contributed by atoms with Gasteiger partial charge in [-0.25, -0.2) is 0 Å². The molecule has 1 aliphatic heterocycles. The van der Waals surface area contributed by atoms with Crippen molar-refractivity contribution in [2.75, 3.05) is 19.6 Å². The van der Waals surface area contributed by atoms with Crippen molar-refractivity contribution in [2.45, 2.75) is 25.9 Å². The summed E-state index contributed by atoms with van der Waals surface area (Å²) < 4.78 is 0. The first-order chi connectivity index (χ1) is 9.20. The van der Waals surface area contributed by atoms with Crippen molar-refractivity contribution in [1.82, 2.24) is 15.5 Å². The fourth-order valence-electron chi connectivity index (χ4n) is 2.12. The molecule has 20 heavy (non-hydrogen) atoms. The van der Waals surface area contributed by atoms with E-state index in [9.17, 15) is 9.59 Å². The first-order valence-electron chi connectivity index (χ1n) is 6.52. The Kier molecular flexibility index (Phi) is 6.98. The lowest BCUT2D eigenvalue weighted by molar-refractivity contribution is -0.138. The van der Waals surface area contributed by atoms with E-state index in [-0.39, 0.29) is 36.7 Å². The first-order valence-corrected chi connectivity index (χ1v) is 7.40. The molecular weight excluding hydrogens is 298 g/mol. The number of hydrogen-bond acceptors (Lipinski definition) is 4. The maximum absolute atomic E-state index is 12.0. The van der Waals surface area contributed by atoms with Gasteiger partial charge in [0.25, 0.3) is 0 Å². The molecule has 7 heteroatoms. The number of carbonyl (C=O) groups is 2. The highest BCUT2D eigenvalue weighted by molar-refractivity contribution is 7.09. The van der Waals surface area contributed by atoms with E-state index in [4.69, 9.17) is 0 Å². The van der Waals surface area contributed by atoms with Crippen LogP contribution in [-0.4, -0.2) is 42.4 Å². The second-order valence-electron chi connectivity index (χ2n) is 4.48. The summed E-state index contributed by atoms with van der Waals surface area (Å²) in [7, 11) is 0. The number of likely N-dealkylation sites (N-methyl/N-ethyl adjacent to an activating group) is 1. The Hall–Kier alpha value is -1.11. The molecule has 2 heterocycles. The smallest absolute Gasteiger partial charge is 0.240 e. The Bertz CT molecular complexity index is 439. The quantitative estimate of drug-likeness (QED) is 0.851. The normalized spacial score (nSPS) is 18.6. The maximum atomic E-state index is 12.0. The van der Waals surface area contributed by atoms with Crippen molar-refractivity contribution in [3.8, 4) is 0 Å². The summed E-state index contributed by atoms with van der Waals surface area (Å²) in [5, 5.41) is 7.93. The molecule has 1 aliphatic rings. The first kappa shape index (κ1) is 16.9. The van der Waals surface area contributed by atoms with Crippen LogP contribution in [-0.2, 0) is 16.1 Å². The average molecular weight is 318 g/mol. The highest BCUT2D eigenvalue weighted by atomic mass is 35.5. The molecule has 2 amide bonds. The summed E-state index contributed by atoms with van der Waals surface area (Å²) in [5.74, 6) is -0.0581. The standard InChI is InChI=1S/C13H19N3O2S.ClH/c1-2-16-6-5-14-11(13(16)18)8-12(17)15-9-10-4-3-7-19-10;/h3-4,7,11,14H,2,5-6,8-9H2,1H3,(H,15,17);1H. The predicted molar refractivity (Wildman–Crippen MR) is 82.1 cm³/mol. The molecule has 1 aromatic rings. The molecule has 2 rings (SSSR count). The van der Waals surface area contributed by atoms with Crippen LogP contribution in [0.15, 0.2) is 17.5 Å². The van der Waals surface area contributed by atoms with Gasteiger partial charge in [0.2, 0.25) is 11.8 Å². The monoisotopic (exact) mass is 317 g/mol. The van der Waals surface area contributed by atoms with Crippen LogP contribution < -0.4 is 10.6 Å². The van der Waals surface area contributed by atoms with Crippen molar-refractivity contribution in [3.63, 3.8) is 0 Å². The third-order valence-corrected chi connectivity index (χ3v) is 4.07. The van der Waals surface area contributed by atoms with Gasteiger partial charge in [-0.15, -0.1) is 23.7 Å². The molecule has 5 nitrogen and oxygen atoms in total. The molecule has 0 radical (unpaired) electrons. The summed E-state index contributed by atoms with van der Waals surface area (Å²) in [5.41, 5.74) is 0. The van der Waals surface area contributed by atoms with Gasteiger partial charge in [-0.1, -0.05) is 6.07 Å². The molecule has 1 unspecified atom stereocenters. The molecule has 1 aromatic heterocycles. The number of rotatable bonds is 5. The number of amides is 2. The third-order valence-electron chi connectivity index (χ3n) is 3.19. The van der Waals surface area contributed by atoms with Crippen LogP contribution in [0.1, 0.15) is 18.2 Å². The molecule has 112 valence electrons. The van der Waals surface area contributed by atoms with E-state index in [0.29, 0.717) is 13.1 Å². The Morgan fingerprint density at radius 3 is 3.05 bits per heavy atom. The summed E-state index contributed by atoms with van der Waals surface area (Å²) in [6, 6.07) is 3.56. The number of nitrogens with one attached hydrogen (secondary N) is 2. The molecule has 0 saturated carbocycles. The zero-order valence-electron chi connectivity index (χ0n) is 11.4. The topological polar surface area (TPSA) is 61.4 Å². The molecule has 0 aliphatic carbocycles. The molecule has 0 bridgehead atoms. The number of nitrogens with zero attached hydrogens (tertiary/aromatic N) is 1. The van der Waals surface area contributed by atoms with Crippen molar-refractivity contribution in [1.29, 1.82) is 0 Å². The van der Waals surface area contributed by atoms with Crippen LogP contribution in [0.25, 0.3) is 0 Å². The lowest BCUT2D eigenvalue weighted by Crippen LogP contribution is -2.56. The van der Waals surface area contributed by atoms with Gasteiger partial charge in [0, 0.05) is 24.5 Å². The minimum absolute atomic E-state index is 0. The van der Waals surface area contributed by atoms with Crippen LogP contribution in [0.3, 0.4) is 0 Å². The van der Waals surface area contributed by atoms with E-state index >= 15 is 0 Å². The lowest BCUT2D eigenvalue weighted by atomic mass is 10.1. The van der Waals surface area contributed by atoms with Crippen molar-refractivity contribution < 1.29 is 9.59 Å². The van der Waals surface area contributed by atoms with E-state index in [1.165, 1.54) is 0 Å². The van der Waals surface area contributed by atoms with Crippen LogP contribution in [0.4, 0.5) is 0 Å². The molecule has 1 saturated heterocycles. The zero-order valence-corrected chi connectivity index (χ0v) is 13.1. The fourth-order valence-corrected chi connectivity index (χ4v) is 2.77. The summed E-state index contributed by atoms with van der Waals surface area (Å²) >= 11 is 1.61. The number of thiophene rings is 1. The Labute approximate surface area is 129 Å². The van der Waals surface area contributed by atoms with Crippen molar-refractivity contribution in [2.24, 2.45) is 0 Å². The molecule has 1 fully saturated rings. The SMILES string of the molecule is CCN1CCNC(CC(=O)NCc2cccs2)C1=O.Cl. The van der Waals surface area contributed by atoms with Gasteiger partial charge in [0.15, 0.2) is 0 Å². The van der Waals surface area contributed by atoms with Gasteiger partial charge in [-0.2, -0.15) is 0 Å². The van der Waals surface area contributed by atoms with Gasteiger partial charge in [-0.3, -0.25) is 9.59 Å². The van der Waals surface area contributed by atoms with Gasteiger partial charge >= 0.3 is 0 Å². The van der Waals surface area contributed by atoms with E-state index in [2.05, 4.69) is 10.6 Å². The molecule has 1 atom stereocenters. The maximum Gasteiger partial charge on any atom is 0.240 e. The third kappa shape index (κ3) is 4.47. The molecule has 2 N–H and O–H groups in total. The van der Waals surface area contributed by atoms with Gasteiger partial charge in [0.1, 0.15) is 0 Å².